The van der Waals surface area contributed by atoms with Gasteiger partial charge >= 0.3 is 0 Å². The van der Waals surface area contributed by atoms with Crippen molar-refractivity contribution >= 4 is 21.6 Å². The van der Waals surface area contributed by atoms with E-state index in [1.54, 1.807) is 6.07 Å². The highest BCUT2D eigenvalue weighted by molar-refractivity contribution is 9.10. The summed E-state index contributed by atoms with van der Waals surface area (Å²) in [6.07, 6.45) is 0.965. The third-order valence-electron chi connectivity index (χ3n) is 3.24. The molecule has 0 heterocycles. The first kappa shape index (κ1) is 15.7. The lowest BCUT2D eigenvalue weighted by molar-refractivity contribution is -0.384. The number of nitro groups is 1. The van der Waals surface area contributed by atoms with E-state index in [0.29, 0.717) is 6.54 Å². The summed E-state index contributed by atoms with van der Waals surface area (Å²) in [6, 6.07) is 13.3. The molecule has 1 N–H and O–H groups in total. The Kier molecular flexibility index (Phi) is 5.47. The van der Waals surface area contributed by atoms with E-state index in [-0.39, 0.29) is 10.6 Å². The van der Waals surface area contributed by atoms with Crippen LogP contribution < -0.4 is 5.32 Å². The first-order valence-corrected chi connectivity index (χ1v) is 7.54. The standard InChI is InChI=1S/C16H17BrN2O2/c1-12-3-2-4-13(9-12)7-8-18-11-14-5-6-15(19(20)21)10-16(14)17/h2-6,9-10,18H,7-8,11H2,1H3. The molecule has 0 aliphatic carbocycles. The minimum atomic E-state index is -0.389. The van der Waals surface area contributed by atoms with E-state index in [1.165, 1.54) is 23.3 Å². The highest BCUT2D eigenvalue weighted by atomic mass is 79.9. The molecule has 0 unspecified atom stereocenters. The molecule has 0 saturated heterocycles. The molecule has 0 spiro atoms. The van der Waals surface area contributed by atoms with Crippen LogP contribution >= 0.6 is 15.9 Å². The third-order valence-corrected chi connectivity index (χ3v) is 3.97. The van der Waals surface area contributed by atoms with E-state index < -0.39 is 0 Å². The predicted molar refractivity (Wildman–Crippen MR) is 87.4 cm³/mol. The largest absolute Gasteiger partial charge is 0.312 e. The van der Waals surface area contributed by atoms with Crippen molar-refractivity contribution in [3.8, 4) is 0 Å². The lowest BCUT2D eigenvalue weighted by Gasteiger charge is -2.07. The van der Waals surface area contributed by atoms with Gasteiger partial charge in [-0.05, 0) is 37.1 Å². The minimum absolute atomic E-state index is 0.102. The van der Waals surface area contributed by atoms with E-state index >= 15 is 0 Å². The second kappa shape index (κ2) is 7.33. The monoisotopic (exact) mass is 348 g/mol. The van der Waals surface area contributed by atoms with Crippen molar-refractivity contribution in [3.63, 3.8) is 0 Å². The summed E-state index contributed by atoms with van der Waals surface area (Å²) < 4.78 is 0.764. The number of rotatable bonds is 6. The van der Waals surface area contributed by atoms with Crippen LogP contribution in [0.5, 0.6) is 0 Å². The van der Waals surface area contributed by atoms with E-state index in [9.17, 15) is 10.1 Å². The van der Waals surface area contributed by atoms with Gasteiger partial charge < -0.3 is 5.32 Å². The zero-order chi connectivity index (χ0) is 15.2. The highest BCUT2D eigenvalue weighted by Crippen LogP contribution is 2.22. The molecule has 2 aromatic carbocycles. The quantitative estimate of drug-likeness (QED) is 0.487. The summed E-state index contributed by atoms with van der Waals surface area (Å²) in [4.78, 5) is 10.3. The van der Waals surface area contributed by atoms with Crippen LogP contribution in [0, 0.1) is 17.0 Å². The van der Waals surface area contributed by atoms with Gasteiger partial charge in [0.1, 0.15) is 0 Å². The van der Waals surface area contributed by atoms with Crippen LogP contribution in [-0.2, 0) is 13.0 Å². The van der Waals surface area contributed by atoms with E-state index in [4.69, 9.17) is 0 Å². The van der Waals surface area contributed by atoms with Gasteiger partial charge in [0.15, 0.2) is 0 Å². The first-order valence-electron chi connectivity index (χ1n) is 6.75. The van der Waals surface area contributed by atoms with Gasteiger partial charge in [-0.2, -0.15) is 0 Å². The van der Waals surface area contributed by atoms with Crippen LogP contribution in [-0.4, -0.2) is 11.5 Å². The lowest BCUT2D eigenvalue weighted by Crippen LogP contribution is -2.17. The molecule has 5 heteroatoms. The smallest absolute Gasteiger partial charge is 0.270 e. The highest BCUT2D eigenvalue weighted by Gasteiger charge is 2.08. The Balaban J connectivity index is 1.85. The van der Waals surface area contributed by atoms with Crippen molar-refractivity contribution in [1.82, 2.24) is 5.32 Å². The Hall–Kier alpha value is -1.72. The van der Waals surface area contributed by atoms with E-state index in [0.717, 1.165) is 23.0 Å². The molecule has 0 aliphatic heterocycles. The van der Waals surface area contributed by atoms with Gasteiger partial charge in [0.05, 0.1) is 4.92 Å². The van der Waals surface area contributed by atoms with Crippen LogP contribution in [0.1, 0.15) is 16.7 Å². The molecule has 110 valence electrons. The Morgan fingerprint density at radius 2 is 2.05 bits per heavy atom. The van der Waals surface area contributed by atoms with Crippen molar-refractivity contribution in [2.75, 3.05) is 6.54 Å². The molecular weight excluding hydrogens is 332 g/mol. The number of non-ortho nitro benzene ring substituents is 1. The maximum absolute atomic E-state index is 10.7. The number of halogens is 1. The number of aryl methyl sites for hydroxylation is 1. The van der Waals surface area contributed by atoms with Gasteiger partial charge in [-0.1, -0.05) is 45.8 Å². The van der Waals surface area contributed by atoms with Crippen molar-refractivity contribution in [2.24, 2.45) is 0 Å². The molecule has 0 aliphatic rings. The predicted octanol–water partition coefficient (Wildman–Crippen LogP) is 4.00. The van der Waals surface area contributed by atoms with Crippen LogP contribution in [0.4, 0.5) is 5.69 Å². The fourth-order valence-corrected chi connectivity index (χ4v) is 2.62. The molecular formula is C16H17BrN2O2. The summed E-state index contributed by atoms with van der Waals surface area (Å²) >= 11 is 3.38. The summed E-state index contributed by atoms with van der Waals surface area (Å²) in [5.74, 6) is 0. The van der Waals surface area contributed by atoms with Crippen LogP contribution in [0.2, 0.25) is 0 Å². The van der Waals surface area contributed by atoms with E-state index in [2.05, 4.69) is 52.4 Å². The van der Waals surface area contributed by atoms with Crippen molar-refractivity contribution in [1.29, 1.82) is 0 Å². The maximum Gasteiger partial charge on any atom is 0.270 e. The zero-order valence-electron chi connectivity index (χ0n) is 11.8. The van der Waals surface area contributed by atoms with Gasteiger partial charge in [0.2, 0.25) is 0 Å². The van der Waals surface area contributed by atoms with Crippen molar-refractivity contribution in [3.05, 3.63) is 73.7 Å². The molecule has 2 rings (SSSR count). The average Bonchev–Trinajstić information content (AvgIpc) is 2.45. The maximum atomic E-state index is 10.7. The van der Waals surface area contributed by atoms with Crippen LogP contribution in [0.15, 0.2) is 46.9 Å². The molecule has 21 heavy (non-hydrogen) atoms. The molecule has 0 saturated carbocycles. The molecule has 0 aromatic heterocycles. The topological polar surface area (TPSA) is 55.2 Å². The summed E-state index contributed by atoms with van der Waals surface area (Å²) in [5, 5.41) is 14.0. The number of nitrogens with zero attached hydrogens (tertiary/aromatic N) is 1. The Morgan fingerprint density at radius 3 is 2.71 bits per heavy atom. The number of nitro benzene ring substituents is 1. The summed E-state index contributed by atoms with van der Waals surface area (Å²) in [7, 11) is 0. The Bertz CT molecular complexity index is 644. The molecule has 0 fully saturated rings. The Labute approximate surface area is 132 Å². The normalized spacial score (nSPS) is 10.6. The van der Waals surface area contributed by atoms with Crippen molar-refractivity contribution < 1.29 is 4.92 Å². The first-order chi connectivity index (χ1) is 10.1. The summed E-state index contributed by atoms with van der Waals surface area (Å²) in [6.45, 7) is 3.64. The zero-order valence-corrected chi connectivity index (χ0v) is 13.4. The molecule has 0 amide bonds. The Morgan fingerprint density at radius 1 is 1.24 bits per heavy atom. The van der Waals surface area contributed by atoms with Gasteiger partial charge in [0.25, 0.3) is 5.69 Å². The molecule has 4 nitrogen and oxygen atoms in total. The van der Waals surface area contributed by atoms with Gasteiger partial charge in [-0.3, -0.25) is 10.1 Å². The molecule has 0 radical (unpaired) electrons. The van der Waals surface area contributed by atoms with Crippen LogP contribution in [0.3, 0.4) is 0 Å². The number of benzene rings is 2. The lowest BCUT2D eigenvalue weighted by atomic mass is 10.1. The fraction of sp³-hybridized carbons (Fsp3) is 0.250. The molecule has 0 atom stereocenters. The van der Waals surface area contributed by atoms with E-state index in [1.807, 2.05) is 0 Å². The number of hydrogen-bond donors (Lipinski definition) is 1. The SMILES string of the molecule is Cc1cccc(CCNCc2ccc([N+](=O)[O-])cc2Br)c1. The van der Waals surface area contributed by atoms with Gasteiger partial charge in [-0.15, -0.1) is 0 Å². The second-order valence-electron chi connectivity index (χ2n) is 4.95. The van der Waals surface area contributed by atoms with Gasteiger partial charge in [0, 0.05) is 23.2 Å². The van der Waals surface area contributed by atoms with Crippen molar-refractivity contribution in [2.45, 2.75) is 19.9 Å². The summed E-state index contributed by atoms with van der Waals surface area (Å²) in [5.41, 5.74) is 3.70. The average molecular weight is 349 g/mol. The second-order valence-corrected chi connectivity index (χ2v) is 5.80. The molecule has 2 aromatic rings. The number of hydrogen-bond acceptors (Lipinski definition) is 3. The van der Waals surface area contributed by atoms with Crippen LogP contribution in [0.25, 0.3) is 0 Å². The number of nitrogens with one attached hydrogen (secondary N) is 1. The molecule has 0 bridgehead atoms. The van der Waals surface area contributed by atoms with Gasteiger partial charge in [-0.25, -0.2) is 0 Å². The third kappa shape index (κ3) is 4.65. The minimum Gasteiger partial charge on any atom is -0.312 e. The fourth-order valence-electron chi connectivity index (χ4n) is 2.12.